The first kappa shape index (κ1) is 28.7. The quantitative estimate of drug-likeness (QED) is 0.155. The molecule has 4 atom stereocenters. The summed E-state index contributed by atoms with van der Waals surface area (Å²) in [6, 6.07) is 2.68. The number of rotatable bonds is 13. The van der Waals surface area contributed by atoms with Crippen molar-refractivity contribution in [2.45, 2.75) is 50.9 Å². The van der Waals surface area contributed by atoms with Crippen molar-refractivity contribution < 1.29 is 29.1 Å². The summed E-state index contributed by atoms with van der Waals surface area (Å²) in [5.74, 6) is -5.08. The molecule has 0 radical (unpaired) electrons. The number of para-hydroxylation sites is 1. The van der Waals surface area contributed by atoms with Crippen LogP contribution in [-0.4, -0.2) is 69.6 Å². The van der Waals surface area contributed by atoms with Gasteiger partial charge in [-0.25, -0.2) is 4.79 Å². The fourth-order valence-corrected chi connectivity index (χ4v) is 3.81. The maximum Gasteiger partial charge on any atom is 0.326 e. The second-order valence-electron chi connectivity index (χ2n) is 8.71. The Hall–Kier alpha value is -3.58. The van der Waals surface area contributed by atoms with Crippen LogP contribution in [0, 0.1) is 5.92 Å². The van der Waals surface area contributed by atoms with Crippen LogP contribution >= 0.6 is 12.6 Å². The van der Waals surface area contributed by atoms with E-state index in [-0.39, 0.29) is 12.2 Å². The van der Waals surface area contributed by atoms with Crippen LogP contribution in [0.4, 0.5) is 0 Å². The van der Waals surface area contributed by atoms with Crippen LogP contribution in [0.1, 0.15) is 25.8 Å². The molecule has 0 spiro atoms. The molecule has 0 saturated heterocycles. The van der Waals surface area contributed by atoms with Gasteiger partial charge in [-0.1, -0.05) is 32.0 Å². The zero-order valence-corrected chi connectivity index (χ0v) is 20.9. The number of H-pyrrole nitrogens is 1. The molecule has 4 unspecified atom stereocenters. The van der Waals surface area contributed by atoms with Crippen LogP contribution in [0.5, 0.6) is 0 Å². The molecule has 0 bridgehead atoms. The maximum absolute atomic E-state index is 12.8. The Balaban J connectivity index is 2.05. The molecule has 1 aromatic carbocycles. The van der Waals surface area contributed by atoms with Gasteiger partial charge in [-0.15, -0.1) is 0 Å². The number of primary amides is 1. The number of carboxylic acid groups (broad SMARTS) is 1. The molecule has 2 rings (SSSR count). The largest absolute Gasteiger partial charge is 0.480 e. The summed E-state index contributed by atoms with van der Waals surface area (Å²) in [7, 11) is 0. The highest BCUT2D eigenvalue weighted by molar-refractivity contribution is 7.80. The molecule has 2 aromatic rings. The monoisotopic (exact) mass is 520 g/mol. The third-order valence-corrected chi connectivity index (χ3v) is 5.90. The summed E-state index contributed by atoms with van der Waals surface area (Å²) in [6.07, 6.45) is 1.39. The lowest BCUT2D eigenvalue weighted by molar-refractivity contribution is -0.143. The number of nitrogens with one attached hydrogen (secondary N) is 4. The number of carbonyl (C=O) groups is 5. The van der Waals surface area contributed by atoms with Gasteiger partial charge in [0, 0.05) is 22.9 Å². The van der Waals surface area contributed by atoms with E-state index in [9.17, 15) is 29.1 Å². The normalized spacial score (nSPS) is 14.5. The van der Waals surface area contributed by atoms with Gasteiger partial charge >= 0.3 is 5.97 Å². The Morgan fingerprint density at radius 2 is 1.61 bits per heavy atom. The molecule has 4 amide bonds. The molecule has 36 heavy (non-hydrogen) atoms. The molecule has 0 aliphatic carbocycles. The van der Waals surface area contributed by atoms with E-state index in [0.29, 0.717) is 0 Å². The van der Waals surface area contributed by atoms with Gasteiger partial charge in [0.2, 0.25) is 23.6 Å². The Kier molecular flexibility index (Phi) is 10.3. The van der Waals surface area contributed by atoms with E-state index in [4.69, 9.17) is 11.5 Å². The van der Waals surface area contributed by atoms with Crippen LogP contribution in [-0.2, 0) is 30.4 Å². The van der Waals surface area contributed by atoms with Gasteiger partial charge in [0.15, 0.2) is 0 Å². The molecule has 0 saturated carbocycles. The fraction of sp³-hybridized carbons (Fsp3) is 0.435. The van der Waals surface area contributed by atoms with Crippen molar-refractivity contribution in [3.05, 3.63) is 36.0 Å². The minimum absolute atomic E-state index is 0.133. The zero-order valence-electron chi connectivity index (χ0n) is 20.0. The number of benzene rings is 1. The third-order valence-electron chi connectivity index (χ3n) is 5.54. The van der Waals surface area contributed by atoms with E-state index < -0.39 is 66.1 Å². The van der Waals surface area contributed by atoms with E-state index >= 15 is 0 Å². The van der Waals surface area contributed by atoms with Crippen molar-refractivity contribution in [3.63, 3.8) is 0 Å². The van der Waals surface area contributed by atoms with Gasteiger partial charge in [0.25, 0.3) is 0 Å². The average Bonchev–Trinajstić information content (AvgIpc) is 3.22. The minimum atomic E-state index is -1.45. The number of hydrogen-bond acceptors (Lipinski definition) is 7. The molecular weight excluding hydrogens is 488 g/mol. The lowest BCUT2D eigenvalue weighted by atomic mass is 10.0. The lowest BCUT2D eigenvalue weighted by Gasteiger charge is -2.25. The van der Waals surface area contributed by atoms with E-state index in [2.05, 4.69) is 33.6 Å². The van der Waals surface area contributed by atoms with Crippen LogP contribution in [0.15, 0.2) is 30.5 Å². The molecule has 12 nitrogen and oxygen atoms in total. The second kappa shape index (κ2) is 12.9. The number of carbonyl (C=O) groups excluding carboxylic acids is 4. The summed E-state index contributed by atoms with van der Waals surface area (Å²) in [5, 5.41) is 17.4. The number of fused-ring (bicyclic) bond motifs is 1. The molecule has 1 aromatic heterocycles. The van der Waals surface area contributed by atoms with Gasteiger partial charge in [0.1, 0.15) is 18.1 Å². The molecule has 196 valence electrons. The third kappa shape index (κ3) is 7.71. The summed E-state index contributed by atoms with van der Waals surface area (Å²) in [4.78, 5) is 64.1. The van der Waals surface area contributed by atoms with Gasteiger partial charge in [-0.05, 0) is 24.0 Å². The predicted octanol–water partition coefficient (Wildman–Crippen LogP) is -0.962. The molecular formula is C23H32N6O6S. The average molecular weight is 521 g/mol. The number of nitrogens with two attached hydrogens (primary N) is 2. The fourth-order valence-electron chi connectivity index (χ4n) is 3.55. The highest BCUT2D eigenvalue weighted by Gasteiger charge is 2.31. The number of hydrogen-bond donors (Lipinski definition) is 8. The van der Waals surface area contributed by atoms with Crippen molar-refractivity contribution in [2.75, 3.05) is 5.75 Å². The first-order valence-electron chi connectivity index (χ1n) is 11.3. The highest BCUT2D eigenvalue weighted by atomic mass is 32.1. The van der Waals surface area contributed by atoms with E-state index in [0.717, 1.165) is 16.5 Å². The van der Waals surface area contributed by atoms with Crippen LogP contribution in [0.3, 0.4) is 0 Å². The lowest BCUT2D eigenvalue weighted by Crippen LogP contribution is -2.58. The summed E-state index contributed by atoms with van der Waals surface area (Å²) >= 11 is 4.10. The van der Waals surface area contributed by atoms with Crippen molar-refractivity contribution >= 4 is 53.1 Å². The second-order valence-corrected chi connectivity index (χ2v) is 9.08. The Morgan fingerprint density at radius 1 is 1.00 bits per heavy atom. The standard InChI is InChI=1S/C23H32N6O6S/c1-11(2)19(23(34)35)29-21(32)16(8-18(25)30)27-22(33)17(10-36)28-20(31)14(24)7-12-9-26-15-6-4-3-5-13(12)15/h3-6,9,11,14,16-17,19,26,36H,7-8,10,24H2,1-2H3,(H2,25,30)(H,27,33)(H,28,31)(H,29,32)(H,34,35). The predicted molar refractivity (Wildman–Crippen MR) is 136 cm³/mol. The maximum atomic E-state index is 12.8. The number of thiol groups is 1. The first-order valence-corrected chi connectivity index (χ1v) is 11.9. The summed E-state index contributed by atoms with van der Waals surface area (Å²) < 4.78 is 0. The molecule has 9 N–H and O–H groups in total. The summed E-state index contributed by atoms with van der Waals surface area (Å²) in [6.45, 7) is 3.18. The summed E-state index contributed by atoms with van der Waals surface area (Å²) in [5.41, 5.74) is 13.0. The number of aromatic nitrogens is 1. The molecule has 13 heteroatoms. The van der Waals surface area contributed by atoms with Gasteiger partial charge in [-0.3, -0.25) is 19.2 Å². The minimum Gasteiger partial charge on any atom is -0.480 e. The Morgan fingerprint density at radius 3 is 2.19 bits per heavy atom. The highest BCUT2D eigenvalue weighted by Crippen LogP contribution is 2.18. The van der Waals surface area contributed by atoms with Crippen molar-refractivity contribution in [3.8, 4) is 0 Å². The number of aromatic amines is 1. The van der Waals surface area contributed by atoms with Crippen molar-refractivity contribution in [1.82, 2.24) is 20.9 Å². The molecule has 1 heterocycles. The first-order chi connectivity index (χ1) is 16.9. The van der Waals surface area contributed by atoms with E-state index in [1.807, 2.05) is 24.3 Å². The van der Waals surface area contributed by atoms with Crippen LogP contribution in [0.25, 0.3) is 10.9 Å². The van der Waals surface area contributed by atoms with E-state index in [1.54, 1.807) is 20.0 Å². The zero-order chi connectivity index (χ0) is 27.0. The van der Waals surface area contributed by atoms with E-state index in [1.165, 1.54) is 0 Å². The van der Waals surface area contributed by atoms with Crippen molar-refractivity contribution in [2.24, 2.45) is 17.4 Å². The molecule has 0 aliphatic rings. The van der Waals surface area contributed by atoms with Gasteiger partial charge < -0.3 is 37.5 Å². The Labute approximate surface area is 213 Å². The van der Waals surface area contributed by atoms with Crippen LogP contribution < -0.4 is 27.4 Å². The van der Waals surface area contributed by atoms with Crippen molar-refractivity contribution in [1.29, 1.82) is 0 Å². The SMILES string of the molecule is CC(C)C(NC(=O)C(CC(N)=O)NC(=O)C(CS)NC(=O)C(N)Cc1c[nH]c2ccccc12)C(=O)O. The molecule has 0 fully saturated rings. The number of aliphatic carboxylic acids is 1. The topological polar surface area (TPSA) is 209 Å². The van der Waals surface area contributed by atoms with Gasteiger partial charge in [0.05, 0.1) is 12.5 Å². The molecule has 0 aliphatic heterocycles. The number of carboxylic acids is 1. The smallest absolute Gasteiger partial charge is 0.326 e. The number of amides is 4. The van der Waals surface area contributed by atoms with Gasteiger partial charge in [-0.2, -0.15) is 12.6 Å². The van der Waals surface area contributed by atoms with Crippen LogP contribution in [0.2, 0.25) is 0 Å². The Bertz CT molecular complexity index is 1120.